The summed E-state index contributed by atoms with van der Waals surface area (Å²) < 4.78 is 5.40. The van der Waals surface area contributed by atoms with Crippen molar-refractivity contribution >= 4 is 51.1 Å². The Kier molecular flexibility index (Phi) is 6.81. The third-order valence-electron chi connectivity index (χ3n) is 4.24. The monoisotopic (exact) mass is 439 g/mol. The maximum absolute atomic E-state index is 12.9. The van der Waals surface area contributed by atoms with Crippen LogP contribution in [0.2, 0.25) is 10.0 Å². The third-order valence-corrected chi connectivity index (χ3v) is 6.03. The molecule has 6 nitrogen and oxygen atoms in total. The van der Waals surface area contributed by atoms with Gasteiger partial charge in [-0.1, -0.05) is 29.3 Å². The second-order valence-electron chi connectivity index (χ2n) is 6.35. The molecule has 1 amide bonds. The van der Waals surface area contributed by atoms with Gasteiger partial charge >= 0.3 is 0 Å². The Bertz CT molecular complexity index is 918. The molecule has 0 saturated carbocycles. The van der Waals surface area contributed by atoms with Crippen LogP contribution in [0.25, 0.3) is 16.0 Å². The van der Waals surface area contributed by atoms with Gasteiger partial charge in [0, 0.05) is 35.2 Å². The van der Waals surface area contributed by atoms with Gasteiger partial charge in [-0.05, 0) is 24.6 Å². The molecule has 1 aliphatic heterocycles. The molecule has 28 heavy (non-hydrogen) atoms. The van der Waals surface area contributed by atoms with Crippen molar-refractivity contribution in [3.8, 4) is 11.1 Å². The van der Waals surface area contributed by atoms with Gasteiger partial charge in [-0.2, -0.15) is 0 Å². The number of thiophene rings is 1. The number of ether oxygens (including phenoxy) is 1. The molecule has 1 unspecified atom stereocenters. The highest BCUT2D eigenvalue weighted by molar-refractivity contribution is 7.19. The second-order valence-corrected chi connectivity index (χ2v) is 8.20. The lowest BCUT2D eigenvalue weighted by Crippen LogP contribution is -2.35. The van der Waals surface area contributed by atoms with Crippen molar-refractivity contribution in [2.24, 2.45) is 0 Å². The van der Waals surface area contributed by atoms with Crippen molar-refractivity contribution in [2.45, 2.75) is 13.0 Å². The predicted molar refractivity (Wildman–Crippen MR) is 113 cm³/mol. The molecule has 1 atom stereocenters. The van der Waals surface area contributed by atoms with Crippen molar-refractivity contribution in [3.63, 3.8) is 0 Å². The smallest absolute Gasteiger partial charge is 0.260 e. The Hall–Kier alpha value is -1.82. The van der Waals surface area contributed by atoms with Crippen molar-refractivity contribution in [3.05, 3.63) is 44.5 Å². The molecule has 2 aromatic rings. The van der Waals surface area contributed by atoms with Crippen molar-refractivity contribution in [1.29, 1.82) is 0 Å². The molecule has 0 spiro atoms. The van der Waals surface area contributed by atoms with Gasteiger partial charge in [-0.25, -0.2) is 4.85 Å². The van der Waals surface area contributed by atoms with Gasteiger partial charge in [0.2, 0.25) is 5.69 Å². The summed E-state index contributed by atoms with van der Waals surface area (Å²) in [6.07, 6.45) is -0.675. The molecular weight excluding hydrogens is 421 g/mol. The number of rotatable bonds is 5. The molecule has 2 N–H and O–H groups in total. The van der Waals surface area contributed by atoms with Crippen molar-refractivity contribution < 1.29 is 14.6 Å². The van der Waals surface area contributed by atoms with Crippen LogP contribution in [0, 0.1) is 6.57 Å². The number of benzene rings is 1. The maximum atomic E-state index is 12.9. The SMILES string of the molecule is [C-]#[N+]c1c(N2CCOCC2)sc(C(=O)NCC(C)O)c1-c1ccc(Cl)cc1Cl. The fourth-order valence-corrected chi connectivity index (χ4v) is 4.64. The number of hydrogen-bond acceptors (Lipinski definition) is 5. The highest BCUT2D eigenvalue weighted by Gasteiger charge is 2.29. The van der Waals surface area contributed by atoms with Crippen LogP contribution in [0.5, 0.6) is 0 Å². The summed E-state index contributed by atoms with van der Waals surface area (Å²) in [5.74, 6) is -0.351. The summed E-state index contributed by atoms with van der Waals surface area (Å²) in [6.45, 7) is 11.9. The number of amides is 1. The van der Waals surface area contributed by atoms with Crippen LogP contribution in [0.15, 0.2) is 18.2 Å². The summed E-state index contributed by atoms with van der Waals surface area (Å²) in [7, 11) is 0. The first-order valence-corrected chi connectivity index (χ1v) is 10.3. The predicted octanol–water partition coefficient (Wildman–Crippen LogP) is 4.22. The maximum Gasteiger partial charge on any atom is 0.260 e. The van der Waals surface area contributed by atoms with Crippen molar-refractivity contribution in [1.82, 2.24) is 5.32 Å². The average molecular weight is 440 g/mol. The second kappa shape index (κ2) is 9.12. The van der Waals surface area contributed by atoms with E-state index in [9.17, 15) is 9.90 Å². The molecule has 3 rings (SSSR count). The molecule has 0 aliphatic carbocycles. The van der Waals surface area contributed by atoms with E-state index in [1.807, 2.05) is 0 Å². The minimum atomic E-state index is -0.675. The topological polar surface area (TPSA) is 66.2 Å². The molecule has 2 heterocycles. The molecule has 1 fully saturated rings. The van der Waals surface area contributed by atoms with Crippen LogP contribution >= 0.6 is 34.5 Å². The largest absolute Gasteiger partial charge is 0.392 e. The Morgan fingerprint density at radius 2 is 2.14 bits per heavy atom. The van der Waals surface area contributed by atoms with E-state index in [0.29, 0.717) is 58.0 Å². The summed E-state index contributed by atoms with van der Waals surface area (Å²) in [6, 6.07) is 4.99. The van der Waals surface area contributed by atoms with Gasteiger partial charge in [0.1, 0.15) is 0 Å². The minimum absolute atomic E-state index is 0.116. The van der Waals surface area contributed by atoms with Gasteiger partial charge in [0.05, 0.1) is 35.8 Å². The van der Waals surface area contributed by atoms with Crippen LogP contribution in [0.4, 0.5) is 10.7 Å². The molecule has 1 aliphatic rings. The molecular formula is C19H19Cl2N3O3S. The van der Waals surface area contributed by atoms with Gasteiger partial charge in [0.25, 0.3) is 5.91 Å². The Labute approximate surface area is 177 Å². The number of hydrogen-bond donors (Lipinski definition) is 2. The zero-order valence-electron chi connectivity index (χ0n) is 15.2. The van der Waals surface area contributed by atoms with Gasteiger partial charge < -0.3 is 20.1 Å². The fraction of sp³-hybridized carbons (Fsp3) is 0.368. The molecule has 9 heteroatoms. The van der Waals surface area contributed by atoms with Crippen LogP contribution in [-0.2, 0) is 4.74 Å². The van der Waals surface area contributed by atoms with E-state index < -0.39 is 6.10 Å². The number of morpholine rings is 1. The zero-order valence-corrected chi connectivity index (χ0v) is 17.5. The number of aliphatic hydroxyl groups excluding tert-OH is 1. The number of anilines is 1. The Morgan fingerprint density at radius 1 is 1.43 bits per heavy atom. The van der Waals surface area contributed by atoms with Crippen LogP contribution in [0.3, 0.4) is 0 Å². The van der Waals surface area contributed by atoms with Crippen LogP contribution < -0.4 is 10.2 Å². The molecule has 0 radical (unpaired) electrons. The lowest BCUT2D eigenvalue weighted by molar-refractivity contribution is 0.0928. The summed E-state index contributed by atoms with van der Waals surface area (Å²) in [5.41, 5.74) is 1.46. The summed E-state index contributed by atoms with van der Waals surface area (Å²) >= 11 is 13.7. The number of aliphatic hydroxyl groups is 1. The quantitative estimate of drug-likeness (QED) is 0.684. The molecule has 1 aromatic carbocycles. The number of carbonyl (C=O) groups is 1. The standard InChI is InChI=1S/C19H19Cl2N3O3S/c1-11(25)10-23-18(26)17-15(13-4-3-12(20)9-14(13)21)16(22-2)19(28-17)24-5-7-27-8-6-24/h3-4,9,11,25H,5-8,10H2,1H3,(H,23,26). The lowest BCUT2D eigenvalue weighted by atomic mass is 10.0. The first-order chi connectivity index (χ1) is 13.4. The van der Waals surface area contributed by atoms with Gasteiger partial charge in [-0.3, -0.25) is 4.79 Å². The molecule has 1 saturated heterocycles. The summed E-state index contributed by atoms with van der Waals surface area (Å²) in [5, 5.41) is 13.8. The van der Waals surface area contributed by atoms with E-state index >= 15 is 0 Å². The molecule has 148 valence electrons. The van der Waals surface area contributed by atoms with Gasteiger partial charge in [0.15, 0.2) is 0 Å². The van der Waals surface area contributed by atoms with Crippen LogP contribution in [-0.4, -0.2) is 50.0 Å². The first-order valence-electron chi connectivity index (χ1n) is 8.71. The number of nitrogens with one attached hydrogen (secondary N) is 1. The van der Waals surface area contributed by atoms with E-state index in [1.165, 1.54) is 11.3 Å². The van der Waals surface area contributed by atoms with Crippen LogP contribution in [0.1, 0.15) is 16.6 Å². The highest BCUT2D eigenvalue weighted by atomic mass is 35.5. The number of nitrogens with zero attached hydrogens (tertiary/aromatic N) is 2. The Morgan fingerprint density at radius 3 is 2.75 bits per heavy atom. The number of carbonyl (C=O) groups excluding carboxylic acids is 1. The molecule has 0 bridgehead atoms. The minimum Gasteiger partial charge on any atom is -0.392 e. The highest BCUT2D eigenvalue weighted by Crippen LogP contribution is 2.50. The zero-order chi connectivity index (χ0) is 20.3. The summed E-state index contributed by atoms with van der Waals surface area (Å²) in [4.78, 5) is 19.0. The Balaban J connectivity index is 2.14. The van der Waals surface area contributed by atoms with E-state index in [2.05, 4.69) is 15.1 Å². The van der Waals surface area contributed by atoms with E-state index in [1.54, 1.807) is 25.1 Å². The van der Waals surface area contributed by atoms with E-state index in [0.717, 1.165) is 5.00 Å². The fourth-order valence-electron chi connectivity index (χ4n) is 2.92. The normalized spacial score (nSPS) is 15.2. The van der Waals surface area contributed by atoms with E-state index in [4.69, 9.17) is 34.5 Å². The number of halogens is 2. The average Bonchev–Trinajstić information content (AvgIpc) is 3.06. The first kappa shape index (κ1) is 20.9. The molecule has 1 aromatic heterocycles. The van der Waals surface area contributed by atoms with Gasteiger partial charge in [-0.15, -0.1) is 11.3 Å². The van der Waals surface area contributed by atoms with Crippen molar-refractivity contribution in [2.75, 3.05) is 37.7 Å². The lowest BCUT2D eigenvalue weighted by Gasteiger charge is -2.28. The third kappa shape index (κ3) is 4.43. The van der Waals surface area contributed by atoms with E-state index in [-0.39, 0.29) is 12.5 Å².